The molecule has 0 bridgehead atoms. The maximum atomic E-state index is 12.9. The second-order valence-electron chi connectivity index (χ2n) is 3.97. The number of alkyl halides is 1. The fourth-order valence-electron chi connectivity index (χ4n) is 1.91. The fraction of sp³-hybridized carbons (Fsp3) is 0.538. The number of rotatable bonds is 5. The van der Waals surface area contributed by atoms with Crippen molar-refractivity contribution in [3.05, 3.63) is 36.5 Å². The van der Waals surface area contributed by atoms with Gasteiger partial charge in [0.1, 0.15) is 6.17 Å². The third kappa shape index (κ3) is 4.43. The zero-order valence-electron chi connectivity index (χ0n) is 9.38. The fourth-order valence-corrected chi connectivity index (χ4v) is 1.91. The van der Waals surface area contributed by atoms with Crippen LogP contribution in [-0.2, 0) is 0 Å². The molecule has 0 aromatic rings. The summed E-state index contributed by atoms with van der Waals surface area (Å²) >= 11 is 0. The summed E-state index contributed by atoms with van der Waals surface area (Å²) in [5, 5.41) is 3.37. The van der Waals surface area contributed by atoms with Crippen LogP contribution >= 0.6 is 0 Å². The van der Waals surface area contributed by atoms with Crippen LogP contribution in [0.3, 0.4) is 0 Å². The Hall–Kier alpha value is -0.890. The summed E-state index contributed by atoms with van der Waals surface area (Å²) < 4.78 is 12.9. The van der Waals surface area contributed by atoms with Crippen molar-refractivity contribution in [2.24, 2.45) is 0 Å². The summed E-state index contributed by atoms with van der Waals surface area (Å²) in [7, 11) is 0. The molecule has 2 unspecified atom stereocenters. The highest BCUT2D eigenvalue weighted by molar-refractivity contribution is 5.24. The Balaban J connectivity index is 2.34. The minimum atomic E-state index is -0.601. The Kier molecular flexibility index (Phi) is 5.33. The minimum absolute atomic E-state index is 0.346. The van der Waals surface area contributed by atoms with Crippen molar-refractivity contribution < 1.29 is 4.39 Å². The van der Waals surface area contributed by atoms with Crippen LogP contribution in [0.1, 0.15) is 26.2 Å². The van der Waals surface area contributed by atoms with Gasteiger partial charge in [0.15, 0.2) is 0 Å². The summed E-state index contributed by atoms with van der Waals surface area (Å²) in [6.07, 6.45) is 9.55. The van der Waals surface area contributed by atoms with E-state index < -0.39 is 6.17 Å². The maximum absolute atomic E-state index is 12.9. The second kappa shape index (κ2) is 6.57. The summed E-state index contributed by atoms with van der Waals surface area (Å²) in [5.74, 6) is 0. The van der Waals surface area contributed by atoms with Crippen LogP contribution in [0.4, 0.5) is 4.39 Å². The van der Waals surface area contributed by atoms with Gasteiger partial charge in [0.05, 0.1) is 0 Å². The zero-order chi connectivity index (χ0) is 11.1. The molecule has 1 aliphatic rings. The molecule has 0 heterocycles. The molecule has 1 saturated carbocycles. The number of allylic oxidation sites excluding steroid dienone is 3. The lowest BCUT2D eigenvalue weighted by molar-refractivity contribution is 0.335. The number of hydrogen-bond acceptors (Lipinski definition) is 1. The molecule has 1 aliphatic carbocycles. The summed E-state index contributed by atoms with van der Waals surface area (Å²) in [6, 6.07) is 0.346. The average Bonchev–Trinajstić information content (AvgIpc) is 2.61. The predicted molar refractivity (Wildman–Crippen MR) is 63.6 cm³/mol. The predicted octanol–water partition coefficient (Wildman–Crippen LogP) is 3.16. The van der Waals surface area contributed by atoms with E-state index in [1.54, 1.807) is 6.08 Å². The van der Waals surface area contributed by atoms with Gasteiger partial charge in [0.25, 0.3) is 0 Å². The molecule has 1 rings (SSSR count). The molecule has 1 N–H and O–H groups in total. The van der Waals surface area contributed by atoms with Crippen molar-refractivity contribution >= 4 is 0 Å². The third-order valence-electron chi connectivity index (χ3n) is 2.68. The molecule has 0 aromatic heterocycles. The first-order chi connectivity index (χ1) is 7.26. The van der Waals surface area contributed by atoms with Gasteiger partial charge in [-0.1, -0.05) is 30.9 Å². The molecule has 2 atom stereocenters. The third-order valence-corrected chi connectivity index (χ3v) is 2.68. The van der Waals surface area contributed by atoms with Gasteiger partial charge in [0, 0.05) is 12.6 Å². The summed E-state index contributed by atoms with van der Waals surface area (Å²) in [6.45, 7) is 6.47. The van der Waals surface area contributed by atoms with Gasteiger partial charge in [-0.05, 0) is 31.8 Å². The quantitative estimate of drug-likeness (QED) is 0.686. The van der Waals surface area contributed by atoms with Crippen molar-refractivity contribution in [1.82, 2.24) is 5.32 Å². The molecule has 1 fully saturated rings. The van der Waals surface area contributed by atoms with Gasteiger partial charge in [-0.3, -0.25) is 0 Å². The monoisotopic (exact) mass is 209 g/mol. The highest BCUT2D eigenvalue weighted by Crippen LogP contribution is 2.21. The molecule has 2 heteroatoms. The lowest BCUT2D eigenvalue weighted by Gasteiger charge is -2.11. The highest BCUT2D eigenvalue weighted by atomic mass is 19.1. The van der Waals surface area contributed by atoms with E-state index in [4.69, 9.17) is 0 Å². The summed E-state index contributed by atoms with van der Waals surface area (Å²) in [4.78, 5) is 0. The standard InChI is InChI=1S/C13H20FN/c1-3-5-11(6-4-2)10-15-13-8-7-12(14)9-13/h3-6,12-13,15H,1,7-10H2,2H3/b6-4-,11-5+. The Morgan fingerprint density at radius 3 is 2.87 bits per heavy atom. The zero-order valence-corrected chi connectivity index (χ0v) is 9.38. The first kappa shape index (κ1) is 12.2. The molecule has 0 radical (unpaired) electrons. The molecule has 0 aromatic carbocycles. The van der Waals surface area contributed by atoms with E-state index in [1.165, 1.54) is 5.57 Å². The van der Waals surface area contributed by atoms with Gasteiger partial charge >= 0.3 is 0 Å². The van der Waals surface area contributed by atoms with E-state index in [9.17, 15) is 4.39 Å². The molecular weight excluding hydrogens is 189 g/mol. The van der Waals surface area contributed by atoms with Crippen molar-refractivity contribution in [1.29, 1.82) is 0 Å². The van der Waals surface area contributed by atoms with E-state index in [1.807, 2.05) is 19.1 Å². The normalized spacial score (nSPS) is 27.5. The smallest absolute Gasteiger partial charge is 0.102 e. The van der Waals surface area contributed by atoms with Crippen LogP contribution in [0.2, 0.25) is 0 Å². The van der Waals surface area contributed by atoms with Gasteiger partial charge in [0.2, 0.25) is 0 Å². The molecule has 84 valence electrons. The number of halogens is 1. The Morgan fingerprint density at radius 2 is 2.33 bits per heavy atom. The highest BCUT2D eigenvalue weighted by Gasteiger charge is 2.23. The lowest BCUT2D eigenvalue weighted by atomic mass is 10.2. The lowest BCUT2D eigenvalue weighted by Crippen LogP contribution is -2.28. The Labute approximate surface area is 91.8 Å². The first-order valence-corrected chi connectivity index (χ1v) is 5.58. The van der Waals surface area contributed by atoms with Gasteiger partial charge in [-0.2, -0.15) is 0 Å². The Bertz CT molecular complexity index is 255. The van der Waals surface area contributed by atoms with Crippen LogP contribution in [0, 0.1) is 0 Å². The van der Waals surface area contributed by atoms with Crippen molar-refractivity contribution in [2.45, 2.75) is 38.4 Å². The van der Waals surface area contributed by atoms with Gasteiger partial charge in [-0.25, -0.2) is 4.39 Å². The number of hydrogen-bond donors (Lipinski definition) is 1. The van der Waals surface area contributed by atoms with E-state index in [0.29, 0.717) is 18.9 Å². The molecule has 0 saturated heterocycles. The maximum Gasteiger partial charge on any atom is 0.102 e. The molecule has 1 nitrogen and oxygen atoms in total. The van der Waals surface area contributed by atoms with Crippen LogP contribution in [-0.4, -0.2) is 18.8 Å². The van der Waals surface area contributed by atoms with E-state index in [0.717, 1.165) is 13.0 Å². The largest absolute Gasteiger partial charge is 0.310 e. The van der Waals surface area contributed by atoms with Crippen molar-refractivity contribution in [3.63, 3.8) is 0 Å². The number of nitrogens with one attached hydrogen (secondary N) is 1. The molecule has 0 amide bonds. The topological polar surface area (TPSA) is 12.0 Å². The van der Waals surface area contributed by atoms with Crippen LogP contribution in [0.25, 0.3) is 0 Å². The molecule has 0 aliphatic heterocycles. The van der Waals surface area contributed by atoms with Crippen LogP contribution in [0.15, 0.2) is 36.5 Å². The molecule has 0 spiro atoms. The molecular formula is C13H20FN. The minimum Gasteiger partial charge on any atom is -0.310 e. The van der Waals surface area contributed by atoms with Crippen molar-refractivity contribution in [3.8, 4) is 0 Å². The SMILES string of the molecule is C=C/C=C(\C=C/C)CNC1CCC(F)C1. The van der Waals surface area contributed by atoms with Crippen molar-refractivity contribution in [2.75, 3.05) is 6.54 Å². The van der Waals surface area contributed by atoms with Gasteiger partial charge in [-0.15, -0.1) is 0 Å². The van der Waals surface area contributed by atoms with Gasteiger partial charge < -0.3 is 5.32 Å². The Morgan fingerprint density at radius 1 is 1.53 bits per heavy atom. The first-order valence-electron chi connectivity index (χ1n) is 5.58. The van der Waals surface area contributed by atoms with Crippen LogP contribution in [0.5, 0.6) is 0 Å². The van der Waals surface area contributed by atoms with E-state index in [2.05, 4.69) is 18.0 Å². The van der Waals surface area contributed by atoms with E-state index >= 15 is 0 Å². The van der Waals surface area contributed by atoms with Crippen LogP contribution < -0.4 is 5.32 Å². The second-order valence-corrected chi connectivity index (χ2v) is 3.97. The average molecular weight is 209 g/mol. The summed E-state index contributed by atoms with van der Waals surface area (Å²) in [5.41, 5.74) is 1.19. The van der Waals surface area contributed by atoms with E-state index in [-0.39, 0.29) is 0 Å². The molecule has 15 heavy (non-hydrogen) atoms.